The highest BCUT2D eigenvalue weighted by molar-refractivity contribution is 5.33. The minimum Gasteiger partial charge on any atom is -0.314 e. The summed E-state index contributed by atoms with van der Waals surface area (Å²) in [6, 6.07) is 7.08. The van der Waals surface area contributed by atoms with Gasteiger partial charge in [0.15, 0.2) is 0 Å². The van der Waals surface area contributed by atoms with Crippen LogP contribution in [0.1, 0.15) is 23.1 Å². The number of piperazine rings is 1. The van der Waals surface area contributed by atoms with Crippen LogP contribution in [-0.4, -0.2) is 44.2 Å². The van der Waals surface area contributed by atoms with E-state index in [9.17, 15) is 0 Å². The normalized spacial score (nSPS) is 20.2. The van der Waals surface area contributed by atoms with Crippen LogP contribution in [0.5, 0.6) is 0 Å². The van der Waals surface area contributed by atoms with E-state index in [1.165, 1.54) is 50.0 Å². The Morgan fingerprint density at radius 3 is 2.79 bits per heavy atom. The number of aryl methyl sites for hydroxylation is 1. The Morgan fingerprint density at radius 1 is 1.00 bits per heavy atom. The molecule has 0 amide bonds. The highest BCUT2D eigenvalue weighted by Gasteiger charge is 2.10. The van der Waals surface area contributed by atoms with Crippen molar-refractivity contribution in [2.24, 2.45) is 0 Å². The maximum absolute atomic E-state index is 3.43. The third kappa shape index (κ3) is 3.56. The van der Waals surface area contributed by atoms with Gasteiger partial charge in [0.25, 0.3) is 0 Å². The largest absolute Gasteiger partial charge is 0.314 e. The number of fused-ring (bicyclic) bond motifs is 1. The van der Waals surface area contributed by atoms with Gasteiger partial charge in [-0.15, -0.1) is 0 Å². The third-order valence-electron chi connectivity index (χ3n) is 4.31. The number of nitrogens with zero attached hydrogens (tertiary/aromatic N) is 1. The Kier molecular flexibility index (Phi) is 4.49. The number of nitrogens with one attached hydrogen (secondary N) is 2. The molecule has 104 valence electrons. The topological polar surface area (TPSA) is 27.3 Å². The van der Waals surface area contributed by atoms with Crippen molar-refractivity contribution in [3.8, 4) is 0 Å². The van der Waals surface area contributed by atoms with Crippen LogP contribution in [0, 0.1) is 0 Å². The van der Waals surface area contributed by atoms with Crippen LogP contribution in [0.15, 0.2) is 18.2 Å². The van der Waals surface area contributed by atoms with Gasteiger partial charge < -0.3 is 15.5 Å². The zero-order valence-corrected chi connectivity index (χ0v) is 11.8. The molecule has 0 spiro atoms. The standard InChI is InChI=1S/C16H25N3/c1(9-19-10-7-17-8-11-19)2-14-3-4-16-13-18-6-5-15(16)12-14/h3-4,12,17-18H,1-2,5-11,13H2. The first-order valence-corrected chi connectivity index (χ1v) is 7.66. The molecule has 1 saturated heterocycles. The monoisotopic (exact) mass is 259 g/mol. The van der Waals surface area contributed by atoms with Crippen LogP contribution in [0.4, 0.5) is 0 Å². The van der Waals surface area contributed by atoms with Crippen molar-refractivity contribution in [3.05, 3.63) is 34.9 Å². The molecule has 0 bridgehead atoms. The lowest BCUT2D eigenvalue weighted by molar-refractivity contribution is 0.238. The summed E-state index contributed by atoms with van der Waals surface area (Å²) in [5.41, 5.74) is 4.59. The Morgan fingerprint density at radius 2 is 1.89 bits per heavy atom. The minimum absolute atomic E-state index is 1.05. The van der Waals surface area contributed by atoms with Crippen molar-refractivity contribution >= 4 is 0 Å². The molecule has 1 aromatic carbocycles. The molecule has 3 heteroatoms. The van der Waals surface area contributed by atoms with E-state index in [1.54, 1.807) is 5.56 Å². The first kappa shape index (κ1) is 13.1. The SMILES string of the molecule is c1cc2c(cc1CCCN1CCNCC1)CCNC2. The van der Waals surface area contributed by atoms with Crippen molar-refractivity contribution in [2.45, 2.75) is 25.8 Å². The smallest absolute Gasteiger partial charge is 0.0208 e. The van der Waals surface area contributed by atoms with Crippen molar-refractivity contribution in [1.29, 1.82) is 0 Å². The summed E-state index contributed by atoms with van der Waals surface area (Å²) >= 11 is 0. The number of rotatable bonds is 4. The molecule has 0 atom stereocenters. The first-order chi connectivity index (χ1) is 9.42. The molecule has 19 heavy (non-hydrogen) atoms. The summed E-state index contributed by atoms with van der Waals surface area (Å²) in [5, 5.41) is 6.84. The highest BCUT2D eigenvalue weighted by atomic mass is 15.2. The van der Waals surface area contributed by atoms with Gasteiger partial charge in [0.05, 0.1) is 0 Å². The molecule has 2 N–H and O–H groups in total. The van der Waals surface area contributed by atoms with Gasteiger partial charge in [-0.2, -0.15) is 0 Å². The molecule has 1 fully saturated rings. The molecule has 0 aromatic heterocycles. The second-order valence-corrected chi connectivity index (χ2v) is 5.73. The summed E-state index contributed by atoms with van der Waals surface area (Å²) in [7, 11) is 0. The molecule has 0 saturated carbocycles. The van der Waals surface area contributed by atoms with Crippen molar-refractivity contribution < 1.29 is 0 Å². The fraction of sp³-hybridized carbons (Fsp3) is 0.625. The van der Waals surface area contributed by atoms with E-state index in [2.05, 4.69) is 33.7 Å². The molecule has 1 aromatic rings. The summed E-state index contributed by atoms with van der Waals surface area (Å²) < 4.78 is 0. The van der Waals surface area contributed by atoms with E-state index >= 15 is 0 Å². The zero-order valence-electron chi connectivity index (χ0n) is 11.8. The Labute approximate surface area is 116 Å². The molecular weight excluding hydrogens is 234 g/mol. The van der Waals surface area contributed by atoms with Crippen LogP contribution in [0.25, 0.3) is 0 Å². The molecule has 2 aliphatic rings. The average Bonchev–Trinajstić information content (AvgIpc) is 2.48. The van der Waals surface area contributed by atoms with Gasteiger partial charge in [-0.25, -0.2) is 0 Å². The van der Waals surface area contributed by atoms with E-state index in [4.69, 9.17) is 0 Å². The molecule has 0 aliphatic carbocycles. The summed E-state index contributed by atoms with van der Waals surface area (Å²) in [5.74, 6) is 0. The highest BCUT2D eigenvalue weighted by Crippen LogP contribution is 2.17. The quantitative estimate of drug-likeness (QED) is 0.850. The van der Waals surface area contributed by atoms with Gasteiger partial charge in [-0.3, -0.25) is 0 Å². The van der Waals surface area contributed by atoms with Crippen LogP contribution in [0.3, 0.4) is 0 Å². The lowest BCUT2D eigenvalue weighted by Crippen LogP contribution is -2.43. The summed E-state index contributed by atoms with van der Waals surface area (Å²) in [6.45, 7) is 8.19. The lowest BCUT2D eigenvalue weighted by Gasteiger charge is -2.27. The van der Waals surface area contributed by atoms with E-state index in [0.717, 1.165) is 26.2 Å². The van der Waals surface area contributed by atoms with Crippen molar-refractivity contribution in [2.75, 3.05) is 39.3 Å². The molecule has 3 nitrogen and oxygen atoms in total. The second-order valence-electron chi connectivity index (χ2n) is 5.73. The van der Waals surface area contributed by atoms with Crippen LogP contribution >= 0.6 is 0 Å². The fourth-order valence-electron chi connectivity index (χ4n) is 3.13. The predicted molar refractivity (Wildman–Crippen MR) is 79.5 cm³/mol. The maximum atomic E-state index is 3.43. The van der Waals surface area contributed by atoms with Crippen molar-refractivity contribution in [3.63, 3.8) is 0 Å². The Bertz CT molecular complexity index is 410. The third-order valence-corrected chi connectivity index (χ3v) is 4.31. The van der Waals surface area contributed by atoms with Gasteiger partial charge >= 0.3 is 0 Å². The average molecular weight is 259 g/mol. The van der Waals surface area contributed by atoms with Crippen LogP contribution in [-0.2, 0) is 19.4 Å². The fourth-order valence-corrected chi connectivity index (χ4v) is 3.13. The zero-order chi connectivity index (χ0) is 12.9. The van der Waals surface area contributed by atoms with E-state index in [-0.39, 0.29) is 0 Å². The van der Waals surface area contributed by atoms with Crippen LogP contribution < -0.4 is 10.6 Å². The van der Waals surface area contributed by atoms with Gasteiger partial charge in [-0.1, -0.05) is 18.2 Å². The number of benzene rings is 1. The van der Waals surface area contributed by atoms with E-state index in [1.807, 2.05) is 0 Å². The van der Waals surface area contributed by atoms with E-state index in [0.29, 0.717) is 0 Å². The summed E-state index contributed by atoms with van der Waals surface area (Å²) in [6.07, 6.45) is 3.71. The van der Waals surface area contributed by atoms with E-state index < -0.39 is 0 Å². The van der Waals surface area contributed by atoms with Crippen LogP contribution in [0.2, 0.25) is 0 Å². The van der Waals surface area contributed by atoms with Crippen molar-refractivity contribution in [1.82, 2.24) is 15.5 Å². The molecule has 0 unspecified atom stereocenters. The van der Waals surface area contributed by atoms with Gasteiger partial charge in [-0.05, 0) is 49.0 Å². The molecular formula is C16H25N3. The van der Waals surface area contributed by atoms with Gasteiger partial charge in [0.2, 0.25) is 0 Å². The second kappa shape index (κ2) is 6.51. The van der Waals surface area contributed by atoms with Gasteiger partial charge in [0, 0.05) is 32.7 Å². The molecule has 2 aliphatic heterocycles. The molecule has 2 heterocycles. The number of hydrogen-bond acceptors (Lipinski definition) is 3. The summed E-state index contributed by atoms with van der Waals surface area (Å²) in [4.78, 5) is 2.58. The maximum Gasteiger partial charge on any atom is 0.0208 e. The number of hydrogen-bond donors (Lipinski definition) is 2. The Balaban J connectivity index is 1.49. The first-order valence-electron chi connectivity index (χ1n) is 7.66. The molecule has 0 radical (unpaired) electrons. The lowest BCUT2D eigenvalue weighted by atomic mass is 9.97. The predicted octanol–water partition coefficient (Wildman–Crippen LogP) is 1.17. The van der Waals surface area contributed by atoms with Gasteiger partial charge in [0.1, 0.15) is 0 Å². The molecule has 3 rings (SSSR count). The Hall–Kier alpha value is -0.900. The minimum atomic E-state index is 1.05.